The molecule has 0 fully saturated rings. The minimum Gasteiger partial charge on any atom is -0.361 e. The molecule has 0 aliphatic carbocycles. The highest BCUT2D eigenvalue weighted by Crippen LogP contribution is 2.24. The maximum absolute atomic E-state index is 13.4. The summed E-state index contributed by atoms with van der Waals surface area (Å²) in [6.07, 6.45) is 3.81. The molecule has 1 amide bonds. The average Bonchev–Trinajstić information content (AvgIpc) is 3.43. The molecule has 0 unspecified atom stereocenters. The van der Waals surface area contributed by atoms with E-state index in [1.165, 1.54) is 12.1 Å². The van der Waals surface area contributed by atoms with Gasteiger partial charge >= 0.3 is 0 Å². The molecule has 5 aromatic rings. The summed E-state index contributed by atoms with van der Waals surface area (Å²) in [7, 11) is 0. The zero-order chi connectivity index (χ0) is 20.5. The largest absolute Gasteiger partial charge is 0.361 e. The topological polar surface area (TPSA) is 51.9 Å². The number of hydrogen-bond acceptors (Lipinski definition) is 1. The second kappa shape index (κ2) is 7.52. The predicted octanol–water partition coefficient (Wildman–Crippen LogP) is 5.63. The highest BCUT2D eigenvalue weighted by Gasteiger charge is 2.19. The van der Waals surface area contributed by atoms with Crippen LogP contribution in [0.4, 0.5) is 4.39 Å². The molecule has 0 aliphatic heterocycles. The van der Waals surface area contributed by atoms with Gasteiger partial charge in [0.2, 0.25) is 0 Å². The van der Waals surface area contributed by atoms with Crippen molar-refractivity contribution in [2.24, 2.45) is 0 Å². The summed E-state index contributed by atoms with van der Waals surface area (Å²) in [5.41, 5.74) is 4.67. The second-order valence-electron chi connectivity index (χ2n) is 7.38. The van der Waals surface area contributed by atoms with E-state index in [-0.39, 0.29) is 11.7 Å². The van der Waals surface area contributed by atoms with Crippen molar-refractivity contribution in [1.29, 1.82) is 0 Å². The molecule has 5 heteroatoms. The van der Waals surface area contributed by atoms with Gasteiger partial charge in [0.1, 0.15) is 5.82 Å². The molecule has 30 heavy (non-hydrogen) atoms. The standard InChI is InChI=1S/C25H20FN3O/c26-20-9-7-17(8-10-20)25(30)29(15-18-3-1-5-23-21(18)11-13-27-23)16-19-4-2-6-24-22(19)12-14-28-24/h1-14,27-28H,15-16H2. The summed E-state index contributed by atoms with van der Waals surface area (Å²) in [4.78, 5) is 21.7. The number of aromatic nitrogens is 2. The summed E-state index contributed by atoms with van der Waals surface area (Å²) in [5, 5.41) is 2.18. The Morgan fingerprint density at radius 3 is 1.80 bits per heavy atom. The maximum atomic E-state index is 13.4. The molecule has 0 spiro atoms. The van der Waals surface area contributed by atoms with Gasteiger partial charge in [-0.2, -0.15) is 0 Å². The number of benzene rings is 3. The quantitative estimate of drug-likeness (QED) is 0.397. The summed E-state index contributed by atoms with van der Waals surface area (Å²) >= 11 is 0. The van der Waals surface area contributed by atoms with Crippen molar-refractivity contribution in [3.05, 3.63) is 108 Å². The molecular weight excluding hydrogens is 377 g/mol. The van der Waals surface area contributed by atoms with Gasteiger partial charge in [0.15, 0.2) is 0 Å². The van der Waals surface area contributed by atoms with Crippen LogP contribution in [0, 0.1) is 5.82 Å². The molecule has 0 aliphatic rings. The Kier molecular flexibility index (Phi) is 4.56. The van der Waals surface area contributed by atoms with Crippen LogP contribution in [0.1, 0.15) is 21.5 Å². The highest BCUT2D eigenvalue weighted by atomic mass is 19.1. The third-order valence-electron chi connectivity index (χ3n) is 5.47. The van der Waals surface area contributed by atoms with Crippen LogP contribution < -0.4 is 0 Å². The summed E-state index contributed by atoms with van der Waals surface area (Å²) in [6.45, 7) is 0.901. The van der Waals surface area contributed by atoms with Crippen molar-refractivity contribution in [3.63, 3.8) is 0 Å². The van der Waals surface area contributed by atoms with Crippen molar-refractivity contribution in [1.82, 2.24) is 14.9 Å². The van der Waals surface area contributed by atoms with Crippen LogP contribution in [-0.4, -0.2) is 20.8 Å². The van der Waals surface area contributed by atoms with Gasteiger partial charge < -0.3 is 14.9 Å². The molecule has 2 heterocycles. The van der Waals surface area contributed by atoms with Crippen molar-refractivity contribution in [3.8, 4) is 0 Å². The van der Waals surface area contributed by atoms with Gasteiger partial charge in [0.05, 0.1) is 0 Å². The van der Waals surface area contributed by atoms with E-state index in [2.05, 4.69) is 9.97 Å². The van der Waals surface area contributed by atoms with Crippen molar-refractivity contribution in [2.75, 3.05) is 0 Å². The van der Waals surface area contributed by atoms with E-state index in [1.54, 1.807) is 12.1 Å². The molecule has 2 N–H and O–H groups in total. The monoisotopic (exact) mass is 397 g/mol. The number of amides is 1. The Bertz CT molecular complexity index is 1260. The van der Waals surface area contributed by atoms with Crippen LogP contribution in [-0.2, 0) is 13.1 Å². The third kappa shape index (κ3) is 3.35. The van der Waals surface area contributed by atoms with Crippen LogP contribution in [0.2, 0.25) is 0 Å². The smallest absolute Gasteiger partial charge is 0.254 e. The maximum Gasteiger partial charge on any atom is 0.254 e. The Hall–Kier alpha value is -3.86. The lowest BCUT2D eigenvalue weighted by molar-refractivity contribution is 0.0731. The second-order valence-corrected chi connectivity index (χ2v) is 7.38. The molecule has 0 bridgehead atoms. The fourth-order valence-electron chi connectivity index (χ4n) is 3.96. The summed E-state index contributed by atoms with van der Waals surface area (Å²) < 4.78 is 13.4. The molecule has 0 radical (unpaired) electrons. The highest BCUT2D eigenvalue weighted by molar-refractivity contribution is 5.95. The van der Waals surface area contributed by atoms with Crippen molar-refractivity contribution in [2.45, 2.75) is 13.1 Å². The van der Waals surface area contributed by atoms with E-state index in [9.17, 15) is 9.18 Å². The number of aromatic amines is 2. The SMILES string of the molecule is O=C(c1ccc(F)cc1)N(Cc1cccc2[nH]ccc12)Cc1cccc2[nH]ccc12. The number of nitrogens with zero attached hydrogens (tertiary/aromatic N) is 1. The lowest BCUT2D eigenvalue weighted by atomic mass is 10.1. The number of fused-ring (bicyclic) bond motifs is 2. The minimum absolute atomic E-state index is 0.130. The van der Waals surface area contributed by atoms with Crippen LogP contribution in [0.5, 0.6) is 0 Å². The van der Waals surface area contributed by atoms with Gasteiger partial charge in [0.25, 0.3) is 5.91 Å². The Balaban J connectivity index is 1.54. The van der Waals surface area contributed by atoms with E-state index >= 15 is 0 Å². The van der Waals surface area contributed by atoms with Crippen molar-refractivity contribution >= 4 is 27.7 Å². The lowest BCUT2D eigenvalue weighted by Gasteiger charge is -2.24. The van der Waals surface area contributed by atoms with Gasteiger partial charge in [-0.05, 0) is 59.7 Å². The molecule has 3 aromatic carbocycles. The van der Waals surface area contributed by atoms with Crippen LogP contribution >= 0.6 is 0 Å². The molecule has 5 rings (SSSR count). The number of rotatable bonds is 5. The number of H-pyrrole nitrogens is 2. The zero-order valence-corrected chi connectivity index (χ0v) is 16.2. The summed E-state index contributed by atoms with van der Waals surface area (Å²) in [5.74, 6) is -0.484. The van der Waals surface area contributed by atoms with Crippen LogP contribution in [0.15, 0.2) is 85.2 Å². The van der Waals surface area contributed by atoms with Gasteiger partial charge in [-0.15, -0.1) is 0 Å². The minimum atomic E-state index is -0.354. The Morgan fingerprint density at radius 2 is 1.27 bits per heavy atom. The molecule has 2 aromatic heterocycles. The van der Waals surface area contributed by atoms with E-state index < -0.39 is 0 Å². The molecule has 148 valence electrons. The number of nitrogens with one attached hydrogen (secondary N) is 2. The van der Waals surface area contributed by atoms with Crippen molar-refractivity contribution < 1.29 is 9.18 Å². The third-order valence-corrected chi connectivity index (χ3v) is 5.47. The zero-order valence-electron chi connectivity index (χ0n) is 16.2. The molecular formula is C25H20FN3O. The lowest BCUT2D eigenvalue weighted by Crippen LogP contribution is -2.30. The van der Waals surface area contributed by atoms with E-state index in [1.807, 2.05) is 65.8 Å². The van der Waals surface area contributed by atoms with E-state index in [4.69, 9.17) is 0 Å². The van der Waals surface area contributed by atoms with Crippen LogP contribution in [0.25, 0.3) is 21.8 Å². The number of carbonyl (C=O) groups excluding carboxylic acids is 1. The first-order valence-corrected chi connectivity index (χ1v) is 9.84. The fraction of sp³-hybridized carbons (Fsp3) is 0.0800. The first kappa shape index (κ1) is 18.2. The number of hydrogen-bond donors (Lipinski definition) is 2. The molecule has 4 nitrogen and oxygen atoms in total. The number of carbonyl (C=O) groups is 1. The fourth-order valence-corrected chi connectivity index (χ4v) is 3.96. The normalized spacial score (nSPS) is 11.2. The first-order chi connectivity index (χ1) is 14.7. The average molecular weight is 397 g/mol. The van der Waals surface area contributed by atoms with E-state index in [0.717, 1.165) is 32.9 Å². The van der Waals surface area contributed by atoms with Gasteiger partial charge in [-0.1, -0.05) is 24.3 Å². The molecule has 0 saturated heterocycles. The van der Waals surface area contributed by atoms with Gasteiger partial charge in [-0.3, -0.25) is 4.79 Å². The predicted molar refractivity (Wildman–Crippen MR) is 117 cm³/mol. The molecule has 0 saturated carbocycles. The molecule has 0 atom stereocenters. The Labute approximate surface area is 173 Å². The van der Waals surface area contributed by atoms with E-state index in [0.29, 0.717) is 18.7 Å². The van der Waals surface area contributed by atoms with Gasteiger partial charge in [0, 0.05) is 52.9 Å². The Morgan fingerprint density at radius 1 is 0.733 bits per heavy atom. The first-order valence-electron chi connectivity index (χ1n) is 9.84. The van der Waals surface area contributed by atoms with Gasteiger partial charge in [-0.25, -0.2) is 4.39 Å². The number of halogens is 1. The summed E-state index contributed by atoms with van der Waals surface area (Å²) in [6, 6.07) is 21.9. The van der Waals surface area contributed by atoms with Crippen LogP contribution in [0.3, 0.4) is 0 Å².